The van der Waals surface area contributed by atoms with E-state index < -0.39 is 12.1 Å². The van der Waals surface area contributed by atoms with Gasteiger partial charge in [0.1, 0.15) is 5.82 Å². The predicted octanol–water partition coefficient (Wildman–Crippen LogP) is 1.35. The van der Waals surface area contributed by atoms with Crippen LogP contribution in [0.1, 0.15) is 17.4 Å². The fourth-order valence-corrected chi connectivity index (χ4v) is 1.11. The van der Waals surface area contributed by atoms with Gasteiger partial charge in [-0.15, -0.1) is 0 Å². The second-order valence-electron chi connectivity index (χ2n) is 2.80. The van der Waals surface area contributed by atoms with Gasteiger partial charge in [-0.25, -0.2) is 4.39 Å². The van der Waals surface area contributed by atoms with Crippen molar-refractivity contribution >= 4 is 5.69 Å². The molecule has 4 heteroatoms. The number of anilines is 1. The minimum Gasteiger partial charge on any atom is -0.398 e. The Morgan fingerprint density at radius 1 is 1.54 bits per heavy atom. The molecule has 0 amide bonds. The highest BCUT2D eigenvalue weighted by Gasteiger charge is 2.12. The summed E-state index contributed by atoms with van der Waals surface area (Å²) in [7, 11) is 1.34. The second-order valence-corrected chi connectivity index (χ2v) is 2.80. The summed E-state index contributed by atoms with van der Waals surface area (Å²) < 4.78 is 17.5. The van der Waals surface area contributed by atoms with Gasteiger partial charge in [-0.05, 0) is 24.6 Å². The van der Waals surface area contributed by atoms with Crippen molar-refractivity contribution < 1.29 is 14.2 Å². The number of aliphatic hydroxyl groups excluding tert-OH is 1. The van der Waals surface area contributed by atoms with Crippen LogP contribution in [0.2, 0.25) is 0 Å². The molecule has 0 aliphatic rings. The highest BCUT2D eigenvalue weighted by atomic mass is 19.1. The lowest BCUT2D eigenvalue weighted by Gasteiger charge is -2.13. The minimum atomic E-state index is -1.13. The number of benzene rings is 1. The lowest BCUT2D eigenvalue weighted by Crippen LogP contribution is -2.05. The van der Waals surface area contributed by atoms with Crippen LogP contribution in [0.5, 0.6) is 0 Å². The van der Waals surface area contributed by atoms with Crippen molar-refractivity contribution in [2.24, 2.45) is 0 Å². The Balaban J connectivity index is 3.20. The third-order valence-electron chi connectivity index (χ3n) is 1.94. The molecule has 0 spiro atoms. The average molecular weight is 185 g/mol. The van der Waals surface area contributed by atoms with E-state index in [0.717, 1.165) is 0 Å². The zero-order valence-electron chi connectivity index (χ0n) is 7.54. The molecule has 0 aliphatic carbocycles. The van der Waals surface area contributed by atoms with Gasteiger partial charge >= 0.3 is 0 Å². The molecule has 0 saturated carbocycles. The highest BCUT2D eigenvalue weighted by Crippen LogP contribution is 2.24. The van der Waals surface area contributed by atoms with Gasteiger partial charge in [0.05, 0.1) is 0 Å². The number of hydrogen-bond acceptors (Lipinski definition) is 3. The molecule has 0 heterocycles. The summed E-state index contributed by atoms with van der Waals surface area (Å²) in [6, 6.07) is 2.42. The highest BCUT2D eigenvalue weighted by molar-refractivity contribution is 5.50. The van der Waals surface area contributed by atoms with E-state index in [9.17, 15) is 9.50 Å². The maximum Gasteiger partial charge on any atom is 0.181 e. The van der Waals surface area contributed by atoms with E-state index in [-0.39, 0.29) is 0 Å². The number of hydrogen-bond donors (Lipinski definition) is 2. The van der Waals surface area contributed by atoms with Gasteiger partial charge in [0.25, 0.3) is 0 Å². The van der Waals surface area contributed by atoms with Gasteiger partial charge in [-0.1, -0.05) is 0 Å². The molecule has 1 aromatic rings. The summed E-state index contributed by atoms with van der Waals surface area (Å²) in [5.41, 5.74) is 6.81. The smallest absolute Gasteiger partial charge is 0.181 e. The molecule has 0 radical (unpaired) electrons. The Morgan fingerprint density at radius 2 is 2.15 bits per heavy atom. The van der Waals surface area contributed by atoms with E-state index in [2.05, 4.69) is 4.74 Å². The molecule has 0 saturated heterocycles. The van der Waals surface area contributed by atoms with Crippen molar-refractivity contribution in [2.45, 2.75) is 13.2 Å². The van der Waals surface area contributed by atoms with Gasteiger partial charge in [0, 0.05) is 18.4 Å². The van der Waals surface area contributed by atoms with Crippen molar-refractivity contribution in [3.8, 4) is 0 Å². The van der Waals surface area contributed by atoms with E-state index in [0.29, 0.717) is 16.8 Å². The van der Waals surface area contributed by atoms with Crippen LogP contribution in [0.4, 0.5) is 10.1 Å². The molecule has 3 N–H and O–H groups in total. The third-order valence-corrected chi connectivity index (χ3v) is 1.94. The second kappa shape index (κ2) is 3.72. The van der Waals surface area contributed by atoms with Crippen LogP contribution in [0.3, 0.4) is 0 Å². The summed E-state index contributed by atoms with van der Waals surface area (Å²) in [6.07, 6.45) is -1.13. The van der Waals surface area contributed by atoms with E-state index in [4.69, 9.17) is 5.73 Å². The Bertz CT molecular complexity index is 315. The molecule has 0 fully saturated rings. The maximum atomic E-state index is 12.9. The first kappa shape index (κ1) is 9.95. The summed E-state index contributed by atoms with van der Waals surface area (Å²) in [6.45, 7) is 1.70. The molecule has 1 aromatic carbocycles. The number of halogens is 1. The van der Waals surface area contributed by atoms with E-state index in [1.807, 2.05) is 0 Å². The van der Waals surface area contributed by atoms with Gasteiger partial charge in [-0.3, -0.25) is 0 Å². The van der Waals surface area contributed by atoms with Gasteiger partial charge in [0.15, 0.2) is 6.29 Å². The number of nitrogens with two attached hydrogens (primary N) is 1. The van der Waals surface area contributed by atoms with E-state index in [1.54, 1.807) is 6.92 Å². The van der Waals surface area contributed by atoms with Crippen molar-refractivity contribution in [2.75, 3.05) is 12.8 Å². The van der Waals surface area contributed by atoms with Gasteiger partial charge < -0.3 is 15.6 Å². The molecule has 0 aliphatic heterocycles. The Hall–Kier alpha value is -1.13. The molecule has 1 atom stereocenters. The molecule has 1 rings (SSSR count). The van der Waals surface area contributed by atoms with Crippen LogP contribution in [0.25, 0.3) is 0 Å². The lowest BCUT2D eigenvalue weighted by atomic mass is 10.1. The zero-order valence-corrected chi connectivity index (χ0v) is 7.54. The number of rotatable bonds is 2. The van der Waals surface area contributed by atoms with Crippen LogP contribution >= 0.6 is 0 Å². The first-order valence-corrected chi connectivity index (χ1v) is 3.82. The Morgan fingerprint density at radius 3 is 2.69 bits per heavy atom. The van der Waals surface area contributed by atoms with Crippen LogP contribution in [-0.4, -0.2) is 12.2 Å². The average Bonchev–Trinajstić information content (AvgIpc) is 2.10. The SMILES string of the molecule is COC(O)c1cc(F)cc(N)c1C. The normalized spacial score (nSPS) is 12.9. The summed E-state index contributed by atoms with van der Waals surface area (Å²) in [4.78, 5) is 0. The number of aliphatic hydroxyl groups is 1. The van der Waals surface area contributed by atoms with Crippen molar-refractivity contribution in [1.82, 2.24) is 0 Å². The predicted molar refractivity (Wildman–Crippen MR) is 47.5 cm³/mol. The van der Waals surface area contributed by atoms with Crippen molar-refractivity contribution in [3.05, 3.63) is 29.1 Å². The molecule has 3 nitrogen and oxygen atoms in total. The topological polar surface area (TPSA) is 55.5 Å². The van der Waals surface area contributed by atoms with E-state index >= 15 is 0 Å². The molecule has 1 unspecified atom stereocenters. The third kappa shape index (κ3) is 1.96. The molecule has 72 valence electrons. The Labute approximate surface area is 75.9 Å². The van der Waals surface area contributed by atoms with Crippen LogP contribution in [-0.2, 0) is 4.74 Å². The lowest BCUT2D eigenvalue weighted by molar-refractivity contribution is -0.0774. The maximum absolute atomic E-state index is 12.9. The molecular weight excluding hydrogens is 173 g/mol. The summed E-state index contributed by atoms with van der Waals surface area (Å²) in [5, 5.41) is 9.31. The van der Waals surface area contributed by atoms with Crippen LogP contribution < -0.4 is 5.73 Å². The fourth-order valence-electron chi connectivity index (χ4n) is 1.11. The molecule has 13 heavy (non-hydrogen) atoms. The molecule has 0 aromatic heterocycles. The Kier molecular flexibility index (Phi) is 2.85. The molecular formula is C9H12FNO2. The van der Waals surface area contributed by atoms with Crippen LogP contribution in [0, 0.1) is 12.7 Å². The van der Waals surface area contributed by atoms with Crippen molar-refractivity contribution in [1.29, 1.82) is 0 Å². The summed E-state index contributed by atoms with van der Waals surface area (Å²) >= 11 is 0. The van der Waals surface area contributed by atoms with E-state index in [1.165, 1.54) is 19.2 Å². The van der Waals surface area contributed by atoms with Crippen molar-refractivity contribution in [3.63, 3.8) is 0 Å². The number of methoxy groups -OCH3 is 1. The first-order valence-electron chi connectivity index (χ1n) is 3.82. The quantitative estimate of drug-likeness (QED) is 0.540. The fraction of sp³-hybridized carbons (Fsp3) is 0.333. The van der Waals surface area contributed by atoms with Gasteiger partial charge in [-0.2, -0.15) is 0 Å². The number of ether oxygens (including phenoxy) is 1. The summed E-state index contributed by atoms with van der Waals surface area (Å²) in [5.74, 6) is -0.478. The zero-order chi connectivity index (χ0) is 10.0. The minimum absolute atomic E-state index is 0.311. The largest absolute Gasteiger partial charge is 0.398 e. The monoisotopic (exact) mass is 185 g/mol. The first-order chi connectivity index (χ1) is 6.06. The number of nitrogen functional groups attached to an aromatic ring is 1. The van der Waals surface area contributed by atoms with Gasteiger partial charge in [0.2, 0.25) is 0 Å². The standard InChI is InChI=1S/C9H12FNO2/c1-5-7(9(12)13-2)3-6(10)4-8(5)11/h3-4,9,12H,11H2,1-2H3. The molecule has 0 bridgehead atoms. The van der Waals surface area contributed by atoms with Crippen LogP contribution in [0.15, 0.2) is 12.1 Å².